The zero-order valence-corrected chi connectivity index (χ0v) is 16.9. The second-order valence-electron chi connectivity index (χ2n) is 6.62. The molecule has 0 bridgehead atoms. The van der Waals surface area contributed by atoms with Gasteiger partial charge in [-0.2, -0.15) is 4.72 Å². The number of nitrogens with one attached hydrogen (secondary N) is 2. The van der Waals surface area contributed by atoms with Gasteiger partial charge in [0.25, 0.3) is 0 Å². The van der Waals surface area contributed by atoms with Crippen molar-refractivity contribution in [1.82, 2.24) is 9.71 Å². The van der Waals surface area contributed by atoms with E-state index in [0.717, 1.165) is 6.07 Å². The number of halogens is 2. The minimum Gasteiger partial charge on any atom is -0.473 e. The Morgan fingerprint density at radius 1 is 1.34 bits per heavy atom. The van der Waals surface area contributed by atoms with Crippen LogP contribution in [-0.4, -0.2) is 31.5 Å². The second kappa shape index (κ2) is 8.48. The molecule has 0 radical (unpaired) electrons. The Morgan fingerprint density at radius 3 is 2.69 bits per heavy atom. The van der Waals surface area contributed by atoms with Gasteiger partial charge >= 0.3 is 0 Å². The maximum atomic E-state index is 13.9. The molecular formula is C19H19ClFN3O4S. The molecule has 3 rings (SSSR count). The molecule has 154 valence electrons. The lowest BCUT2D eigenvalue weighted by atomic mass is 10.2. The second-order valence-corrected chi connectivity index (χ2v) is 8.78. The number of rotatable bonds is 9. The molecule has 1 heterocycles. The number of hydrogen-bond donors (Lipinski definition) is 2. The molecule has 0 saturated heterocycles. The number of benzene rings is 1. The molecule has 1 amide bonds. The zero-order valence-electron chi connectivity index (χ0n) is 15.3. The van der Waals surface area contributed by atoms with Gasteiger partial charge in [0.1, 0.15) is 18.0 Å². The van der Waals surface area contributed by atoms with E-state index in [1.807, 2.05) is 0 Å². The van der Waals surface area contributed by atoms with Gasteiger partial charge in [-0.1, -0.05) is 30.3 Å². The van der Waals surface area contributed by atoms with Crippen molar-refractivity contribution in [2.45, 2.75) is 24.1 Å². The van der Waals surface area contributed by atoms with Crippen LogP contribution in [-0.2, 0) is 20.6 Å². The number of carbonyl (C=O) groups excluding carboxylic acids is 1. The predicted molar refractivity (Wildman–Crippen MR) is 108 cm³/mol. The van der Waals surface area contributed by atoms with Gasteiger partial charge in [0, 0.05) is 16.7 Å². The normalized spacial score (nSPS) is 14.8. The van der Waals surface area contributed by atoms with E-state index in [1.165, 1.54) is 18.3 Å². The van der Waals surface area contributed by atoms with Crippen LogP contribution in [0.4, 0.5) is 10.1 Å². The van der Waals surface area contributed by atoms with E-state index in [4.69, 9.17) is 16.3 Å². The largest absolute Gasteiger partial charge is 0.473 e. The van der Waals surface area contributed by atoms with Crippen LogP contribution in [0.3, 0.4) is 0 Å². The monoisotopic (exact) mass is 439 g/mol. The summed E-state index contributed by atoms with van der Waals surface area (Å²) in [4.78, 5) is 16.6. The van der Waals surface area contributed by atoms with Crippen molar-refractivity contribution in [1.29, 1.82) is 0 Å². The molecule has 0 unspecified atom stereocenters. The van der Waals surface area contributed by atoms with Crippen molar-refractivity contribution in [3.63, 3.8) is 0 Å². The van der Waals surface area contributed by atoms with Crippen LogP contribution in [0.2, 0.25) is 5.02 Å². The van der Waals surface area contributed by atoms with Crippen molar-refractivity contribution in [2.75, 3.05) is 11.9 Å². The Hall–Kier alpha value is -2.49. The van der Waals surface area contributed by atoms with Crippen LogP contribution in [0.15, 0.2) is 49.2 Å². The van der Waals surface area contributed by atoms with Crippen LogP contribution in [0.1, 0.15) is 18.4 Å². The van der Waals surface area contributed by atoms with Gasteiger partial charge in [0.15, 0.2) is 0 Å². The topological polar surface area (TPSA) is 97.4 Å². The number of aromatic nitrogens is 1. The summed E-state index contributed by atoms with van der Waals surface area (Å²) >= 11 is 5.68. The van der Waals surface area contributed by atoms with E-state index in [9.17, 15) is 17.6 Å². The van der Waals surface area contributed by atoms with Gasteiger partial charge in [0.05, 0.1) is 17.6 Å². The van der Waals surface area contributed by atoms with Gasteiger partial charge in [-0.3, -0.25) is 4.79 Å². The highest BCUT2D eigenvalue weighted by Gasteiger charge is 2.52. The molecule has 2 aromatic rings. The van der Waals surface area contributed by atoms with Gasteiger partial charge in [-0.25, -0.2) is 17.8 Å². The van der Waals surface area contributed by atoms with Crippen molar-refractivity contribution in [2.24, 2.45) is 0 Å². The van der Waals surface area contributed by atoms with Gasteiger partial charge in [0.2, 0.25) is 21.8 Å². The standard InChI is InChI=1S/C19H19ClFN3O4S/c1-2-9-28-17-6-5-15(11-22-17)23-18(25)19(7-8-19)24-29(26,27)12-13-3-4-14(20)10-16(13)21/h2-6,10-11,24H,1,7-9,12H2,(H,23,25). The summed E-state index contributed by atoms with van der Waals surface area (Å²) in [5, 5.41) is 2.81. The fourth-order valence-corrected chi connectivity index (χ4v) is 4.38. The first-order valence-corrected chi connectivity index (χ1v) is 10.7. The number of amides is 1. The summed E-state index contributed by atoms with van der Waals surface area (Å²) in [6, 6.07) is 6.92. The van der Waals surface area contributed by atoms with Crippen molar-refractivity contribution in [3.8, 4) is 5.88 Å². The molecule has 1 aliphatic carbocycles. The maximum Gasteiger partial charge on any atom is 0.245 e. The molecule has 1 aliphatic rings. The number of pyridine rings is 1. The lowest BCUT2D eigenvalue weighted by molar-refractivity contribution is -0.118. The summed E-state index contributed by atoms with van der Waals surface area (Å²) in [6.07, 6.45) is 3.67. The Morgan fingerprint density at radius 2 is 2.10 bits per heavy atom. The van der Waals surface area contributed by atoms with E-state index in [0.29, 0.717) is 31.0 Å². The molecule has 29 heavy (non-hydrogen) atoms. The fraction of sp³-hybridized carbons (Fsp3) is 0.263. The number of nitrogens with zero attached hydrogens (tertiary/aromatic N) is 1. The lowest BCUT2D eigenvalue weighted by Gasteiger charge is -2.17. The molecule has 1 saturated carbocycles. The molecule has 1 aromatic carbocycles. The Kier molecular flexibility index (Phi) is 6.21. The van der Waals surface area contributed by atoms with Gasteiger partial charge in [-0.15, -0.1) is 0 Å². The summed E-state index contributed by atoms with van der Waals surface area (Å²) < 4.78 is 46.5. The van der Waals surface area contributed by atoms with Gasteiger partial charge < -0.3 is 10.1 Å². The van der Waals surface area contributed by atoms with Crippen molar-refractivity contribution >= 4 is 33.2 Å². The van der Waals surface area contributed by atoms with Crippen molar-refractivity contribution in [3.05, 3.63) is 65.6 Å². The Bertz CT molecular complexity index is 1020. The number of carbonyl (C=O) groups is 1. The molecule has 7 nitrogen and oxygen atoms in total. The van der Waals surface area contributed by atoms with E-state index in [1.54, 1.807) is 18.2 Å². The molecule has 1 fully saturated rings. The minimum atomic E-state index is -3.96. The fourth-order valence-electron chi connectivity index (χ4n) is 2.61. The third-order valence-corrected chi connectivity index (χ3v) is 5.87. The average molecular weight is 440 g/mol. The van der Waals surface area contributed by atoms with E-state index >= 15 is 0 Å². The Balaban J connectivity index is 1.64. The highest BCUT2D eigenvalue weighted by atomic mass is 35.5. The quantitative estimate of drug-likeness (QED) is 0.585. The number of ether oxygens (including phenoxy) is 1. The number of anilines is 1. The summed E-state index contributed by atoms with van der Waals surface area (Å²) in [6.45, 7) is 3.84. The smallest absolute Gasteiger partial charge is 0.245 e. The molecule has 10 heteroatoms. The highest BCUT2D eigenvalue weighted by molar-refractivity contribution is 7.88. The first-order valence-electron chi connectivity index (χ1n) is 8.70. The third-order valence-electron chi connectivity index (χ3n) is 4.24. The first kappa shape index (κ1) is 21.2. The van der Waals surface area contributed by atoms with Crippen LogP contribution in [0.5, 0.6) is 5.88 Å². The number of sulfonamides is 1. The molecule has 0 aliphatic heterocycles. The number of hydrogen-bond acceptors (Lipinski definition) is 5. The molecule has 0 spiro atoms. The average Bonchev–Trinajstić information content (AvgIpc) is 3.43. The Labute approximate surface area is 173 Å². The van der Waals surface area contributed by atoms with Crippen LogP contribution in [0.25, 0.3) is 0 Å². The SMILES string of the molecule is C=CCOc1ccc(NC(=O)C2(NS(=O)(=O)Cc3ccc(Cl)cc3F)CC2)cn1. The molecule has 1 aromatic heterocycles. The molecular weight excluding hydrogens is 421 g/mol. The molecule has 0 atom stereocenters. The summed E-state index contributed by atoms with van der Waals surface area (Å²) in [5.74, 6) is -1.45. The van der Waals surface area contributed by atoms with E-state index in [-0.39, 0.29) is 10.6 Å². The summed E-state index contributed by atoms with van der Waals surface area (Å²) in [5.41, 5.74) is -0.882. The van der Waals surface area contributed by atoms with E-state index < -0.39 is 33.0 Å². The van der Waals surface area contributed by atoms with Gasteiger partial charge in [-0.05, 0) is 31.0 Å². The van der Waals surface area contributed by atoms with Crippen LogP contribution in [0, 0.1) is 5.82 Å². The van der Waals surface area contributed by atoms with E-state index in [2.05, 4.69) is 21.6 Å². The van der Waals surface area contributed by atoms with Crippen LogP contribution < -0.4 is 14.8 Å². The lowest BCUT2D eigenvalue weighted by Crippen LogP contribution is -2.46. The third kappa shape index (κ3) is 5.53. The maximum absolute atomic E-state index is 13.9. The zero-order chi connectivity index (χ0) is 21.1. The predicted octanol–water partition coefficient (Wildman–Crippen LogP) is 3.03. The molecule has 2 N–H and O–H groups in total. The summed E-state index contributed by atoms with van der Waals surface area (Å²) in [7, 11) is -3.96. The van der Waals surface area contributed by atoms with Crippen molar-refractivity contribution < 1.29 is 22.3 Å². The minimum absolute atomic E-state index is 0.0302. The van der Waals surface area contributed by atoms with Crippen LogP contribution >= 0.6 is 11.6 Å². The first-order chi connectivity index (χ1) is 13.7. The highest BCUT2D eigenvalue weighted by Crippen LogP contribution is 2.37.